The fraction of sp³-hybridized carbons (Fsp3) is 0.333. The molecule has 0 saturated heterocycles. The number of aliphatic hydroxyl groups is 1. The second kappa shape index (κ2) is 12.5. The Morgan fingerprint density at radius 2 is 1.36 bits per heavy atom. The molecule has 0 amide bonds. The average Bonchev–Trinajstić information content (AvgIpc) is 3.32. The van der Waals surface area contributed by atoms with Crippen molar-refractivity contribution >= 4 is 0 Å². The Morgan fingerprint density at radius 3 is 1.91 bits per heavy atom. The highest BCUT2D eigenvalue weighted by Gasteiger charge is 2.24. The lowest BCUT2D eigenvalue weighted by molar-refractivity contribution is 0.0605. The highest BCUT2D eigenvalue weighted by atomic mass is 16.5. The number of rotatable bonds is 11. The quantitative estimate of drug-likeness (QED) is 0.371. The molecule has 3 aromatic rings. The maximum Gasteiger partial charge on any atom is 0.0717 e. The van der Waals surface area contributed by atoms with Gasteiger partial charge in [0.2, 0.25) is 0 Å². The molecule has 0 radical (unpaired) electrons. The SMILES string of the molecule is OC[C@H]1CCC/C1=C\[C@H](COCc1ccccc1)N(Cc1ccccc1)Cc1ccccc1. The molecule has 3 nitrogen and oxygen atoms in total. The van der Waals surface area contributed by atoms with Crippen LogP contribution in [0.5, 0.6) is 0 Å². The summed E-state index contributed by atoms with van der Waals surface area (Å²) in [6, 6.07) is 31.8. The summed E-state index contributed by atoms with van der Waals surface area (Å²) >= 11 is 0. The lowest BCUT2D eigenvalue weighted by Gasteiger charge is -2.31. The lowest BCUT2D eigenvalue weighted by atomic mass is 10.0. The summed E-state index contributed by atoms with van der Waals surface area (Å²) in [5.74, 6) is 0.289. The first-order valence-corrected chi connectivity index (χ1v) is 12.1. The molecule has 1 saturated carbocycles. The van der Waals surface area contributed by atoms with Crippen molar-refractivity contribution in [3.63, 3.8) is 0 Å². The van der Waals surface area contributed by atoms with Gasteiger partial charge in [-0.05, 0) is 36.0 Å². The molecule has 0 aromatic heterocycles. The number of aliphatic hydroxyl groups excluding tert-OH is 1. The molecule has 0 aliphatic heterocycles. The normalized spacial score (nSPS) is 18.1. The van der Waals surface area contributed by atoms with Crippen molar-refractivity contribution < 1.29 is 9.84 Å². The minimum absolute atomic E-state index is 0.135. The van der Waals surface area contributed by atoms with Crippen LogP contribution in [-0.4, -0.2) is 29.3 Å². The van der Waals surface area contributed by atoms with Crippen LogP contribution in [0, 0.1) is 5.92 Å². The van der Waals surface area contributed by atoms with E-state index in [1.165, 1.54) is 22.3 Å². The predicted molar refractivity (Wildman–Crippen MR) is 135 cm³/mol. The third-order valence-corrected chi connectivity index (χ3v) is 6.50. The number of hydrogen-bond donors (Lipinski definition) is 1. The summed E-state index contributed by atoms with van der Waals surface area (Å²) in [7, 11) is 0. The molecule has 4 rings (SSSR count). The molecule has 1 aliphatic rings. The predicted octanol–water partition coefficient (Wildman–Crippen LogP) is 5.99. The van der Waals surface area contributed by atoms with Crippen LogP contribution in [0.4, 0.5) is 0 Å². The molecule has 1 fully saturated rings. The summed E-state index contributed by atoms with van der Waals surface area (Å²) in [5, 5.41) is 9.90. The number of ether oxygens (including phenoxy) is 1. The second-order valence-corrected chi connectivity index (χ2v) is 8.96. The first-order valence-electron chi connectivity index (χ1n) is 12.1. The van der Waals surface area contributed by atoms with Crippen molar-refractivity contribution in [1.29, 1.82) is 0 Å². The number of nitrogens with zero attached hydrogens (tertiary/aromatic N) is 1. The molecular formula is C30H35NO2. The zero-order valence-corrected chi connectivity index (χ0v) is 19.4. The zero-order valence-electron chi connectivity index (χ0n) is 19.4. The zero-order chi connectivity index (χ0) is 22.7. The Bertz CT molecular complexity index is 930. The minimum atomic E-state index is 0.135. The van der Waals surface area contributed by atoms with Gasteiger partial charge in [-0.25, -0.2) is 0 Å². The Kier molecular flexibility index (Phi) is 8.88. The highest BCUT2D eigenvalue weighted by Crippen LogP contribution is 2.32. The highest BCUT2D eigenvalue weighted by molar-refractivity contribution is 5.20. The van der Waals surface area contributed by atoms with E-state index in [0.29, 0.717) is 13.2 Å². The standard InChI is InChI=1S/C30H35NO2/c32-22-29-18-10-17-28(29)19-30(24-33-23-27-15-8-3-9-16-27)31(20-25-11-4-1-5-12-25)21-26-13-6-2-7-14-26/h1-9,11-16,19,29-30,32H,10,17-18,20-24H2/b28-19+/t29-,30-/m1/s1. The van der Waals surface area contributed by atoms with E-state index >= 15 is 0 Å². The Balaban J connectivity index is 1.57. The van der Waals surface area contributed by atoms with Crippen LogP contribution < -0.4 is 0 Å². The van der Waals surface area contributed by atoms with Gasteiger partial charge in [0.1, 0.15) is 0 Å². The molecule has 1 N–H and O–H groups in total. The van der Waals surface area contributed by atoms with Gasteiger partial charge in [0.25, 0.3) is 0 Å². The van der Waals surface area contributed by atoms with E-state index < -0.39 is 0 Å². The fourth-order valence-electron chi connectivity index (χ4n) is 4.67. The van der Waals surface area contributed by atoms with E-state index in [4.69, 9.17) is 4.74 Å². The molecular weight excluding hydrogens is 406 g/mol. The third kappa shape index (κ3) is 7.13. The van der Waals surface area contributed by atoms with Gasteiger partial charge in [-0.3, -0.25) is 4.90 Å². The summed E-state index contributed by atoms with van der Waals surface area (Å²) in [5.41, 5.74) is 5.17. The van der Waals surface area contributed by atoms with Gasteiger partial charge in [0, 0.05) is 25.6 Å². The first kappa shape index (κ1) is 23.4. The average molecular weight is 442 g/mol. The van der Waals surface area contributed by atoms with Gasteiger partial charge in [-0.2, -0.15) is 0 Å². The van der Waals surface area contributed by atoms with Gasteiger partial charge >= 0.3 is 0 Å². The summed E-state index contributed by atoms with van der Waals surface area (Å²) < 4.78 is 6.27. The van der Waals surface area contributed by atoms with Crippen molar-refractivity contribution in [2.24, 2.45) is 5.92 Å². The van der Waals surface area contributed by atoms with Crippen molar-refractivity contribution in [3.8, 4) is 0 Å². The van der Waals surface area contributed by atoms with Gasteiger partial charge in [0.05, 0.1) is 19.3 Å². The van der Waals surface area contributed by atoms with E-state index in [-0.39, 0.29) is 18.6 Å². The van der Waals surface area contributed by atoms with E-state index in [2.05, 4.69) is 95.9 Å². The first-order chi connectivity index (χ1) is 16.3. The topological polar surface area (TPSA) is 32.7 Å². The van der Waals surface area contributed by atoms with E-state index in [1.54, 1.807) is 0 Å². The minimum Gasteiger partial charge on any atom is -0.396 e. The van der Waals surface area contributed by atoms with Crippen molar-refractivity contribution in [2.75, 3.05) is 13.2 Å². The van der Waals surface area contributed by atoms with Crippen LogP contribution in [0.2, 0.25) is 0 Å². The van der Waals surface area contributed by atoms with Gasteiger partial charge in [-0.1, -0.05) is 103 Å². The molecule has 3 heteroatoms. The van der Waals surface area contributed by atoms with Crippen molar-refractivity contribution in [1.82, 2.24) is 4.90 Å². The molecule has 0 spiro atoms. The Morgan fingerprint density at radius 1 is 0.818 bits per heavy atom. The molecule has 33 heavy (non-hydrogen) atoms. The van der Waals surface area contributed by atoms with E-state index in [1.807, 2.05) is 6.07 Å². The number of hydrogen-bond acceptors (Lipinski definition) is 3. The van der Waals surface area contributed by atoms with E-state index in [0.717, 1.165) is 32.4 Å². The van der Waals surface area contributed by atoms with Crippen LogP contribution >= 0.6 is 0 Å². The maximum absolute atomic E-state index is 9.90. The molecule has 172 valence electrons. The Hall–Kier alpha value is -2.72. The van der Waals surface area contributed by atoms with Crippen LogP contribution in [-0.2, 0) is 24.4 Å². The largest absolute Gasteiger partial charge is 0.396 e. The smallest absolute Gasteiger partial charge is 0.0717 e. The van der Waals surface area contributed by atoms with Gasteiger partial charge < -0.3 is 9.84 Å². The van der Waals surface area contributed by atoms with Gasteiger partial charge in [0.15, 0.2) is 0 Å². The monoisotopic (exact) mass is 441 g/mol. The molecule has 0 heterocycles. The molecule has 2 atom stereocenters. The van der Waals surface area contributed by atoms with Crippen LogP contribution in [0.3, 0.4) is 0 Å². The van der Waals surface area contributed by atoms with Crippen molar-refractivity contribution in [2.45, 2.75) is 45.0 Å². The number of benzene rings is 3. The second-order valence-electron chi connectivity index (χ2n) is 8.96. The molecule has 0 unspecified atom stereocenters. The maximum atomic E-state index is 9.90. The summed E-state index contributed by atoms with van der Waals surface area (Å²) in [4.78, 5) is 2.51. The Labute approximate surface area is 198 Å². The van der Waals surface area contributed by atoms with Gasteiger partial charge in [-0.15, -0.1) is 0 Å². The summed E-state index contributed by atoms with van der Waals surface area (Å²) in [6.07, 6.45) is 5.71. The van der Waals surface area contributed by atoms with Crippen LogP contribution in [0.1, 0.15) is 36.0 Å². The van der Waals surface area contributed by atoms with E-state index in [9.17, 15) is 5.11 Å². The molecule has 1 aliphatic carbocycles. The van der Waals surface area contributed by atoms with Crippen molar-refractivity contribution in [3.05, 3.63) is 119 Å². The third-order valence-electron chi connectivity index (χ3n) is 6.50. The molecule has 3 aromatic carbocycles. The summed E-state index contributed by atoms with van der Waals surface area (Å²) in [6.45, 7) is 3.16. The molecule has 0 bridgehead atoms. The fourth-order valence-corrected chi connectivity index (χ4v) is 4.67. The van der Waals surface area contributed by atoms with Crippen LogP contribution in [0.25, 0.3) is 0 Å². The lowest BCUT2D eigenvalue weighted by Crippen LogP contribution is -2.37. The van der Waals surface area contributed by atoms with Crippen LogP contribution in [0.15, 0.2) is 103 Å².